The molecule has 0 amide bonds. The molecule has 1 aromatic rings. The van der Waals surface area contributed by atoms with E-state index in [-0.39, 0.29) is 16.3 Å². The lowest BCUT2D eigenvalue weighted by Gasteiger charge is -2.26. The first kappa shape index (κ1) is 16.7. The van der Waals surface area contributed by atoms with E-state index >= 15 is 0 Å². The Bertz CT molecular complexity index is 546. The second-order valence-corrected chi connectivity index (χ2v) is 11.4. The van der Waals surface area contributed by atoms with Crippen molar-refractivity contribution in [2.45, 2.75) is 15.6 Å². The number of rotatable bonds is 4. The molecule has 0 bridgehead atoms. The molecular weight excluding hydrogens is 431 g/mol. The Morgan fingerprint density at radius 3 is 2.39 bits per heavy atom. The monoisotopic (exact) mass is 438 g/mol. The molecule has 0 aliphatic carbocycles. The van der Waals surface area contributed by atoms with Gasteiger partial charge >= 0.3 is 0 Å². The molecule has 18 heavy (non-hydrogen) atoms. The topological polar surface area (TPSA) is 54.4 Å². The van der Waals surface area contributed by atoms with Crippen molar-refractivity contribution in [2.75, 3.05) is 5.75 Å². The predicted molar refractivity (Wildman–Crippen MR) is 81.5 cm³/mol. The molecule has 3 nitrogen and oxygen atoms in total. The molecular formula is C10H10Br2Cl2O3S. The highest BCUT2D eigenvalue weighted by Crippen LogP contribution is 2.46. The molecule has 0 fully saturated rings. The van der Waals surface area contributed by atoms with Crippen LogP contribution in [0.15, 0.2) is 18.2 Å². The summed E-state index contributed by atoms with van der Waals surface area (Å²) in [5.41, 5.74) is 0.270. The second kappa shape index (κ2) is 5.97. The van der Waals surface area contributed by atoms with Crippen LogP contribution in [0.4, 0.5) is 0 Å². The highest BCUT2D eigenvalue weighted by Gasteiger charge is 2.45. The zero-order valence-electron chi connectivity index (χ0n) is 9.20. The highest BCUT2D eigenvalue weighted by molar-refractivity contribution is 9.28. The standard InChI is InChI=1S/C10H10Br2Cl2O3S/c1-2-18(16,17)10(11,12)9(15)7-4-3-6(13)5-8(7)14/h3-5,9,15H,2H2,1H3/t9-/m0/s1. The van der Waals surface area contributed by atoms with E-state index in [1.807, 2.05) is 0 Å². The van der Waals surface area contributed by atoms with Crippen molar-refractivity contribution in [3.63, 3.8) is 0 Å². The summed E-state index contributed by atoms with van der Waals surface area (Å²) in [6.07, 6.45) is -1.37. The third kappa shape index (κ3) is 3.22. The van der Waals surface area contributed by atoms with Crippen LogP contribution < -0.4 is 0 Å². The Hall–Kier alpha value is 0.670. The van der Waals surface area contributed by atoms with Gasteiger partial charge in [-0.15, -0.1) is 0 Å². The van der Waals surface area contributed by atoms with Gasteiger partial charge in [0.15, 0.2) is 9.84 Å². The van der Waals surface area contributed by atoms with Crippen molar-refractivity contribution in [2.24, 2.45) is 0 Å². The molecule has 0 aromatic heterocycles. The van der Waals surface area contributed by atoms with Crippen LogP contribution in [0.5, 0.6) is 0 Å². The summed E-state index contributed by atoms with van der Waals surface area (Å²) in [5.74, 6) is -0.133. The van der Waals surface area contributed by atoms with E-state index in [9.17, 15) is 13.5 Å². The Balaban J connectivity index is 3.26. The van der Waals surface area contributed by atoms with Crippen molar-refractivity contribution < 1.29 is 13.5 Å². The molecule has 0 spiro atoms. The molecule has 0 unspecified atom stereocenters. The maximum Gasteiger partial charge on any atom is 0.210 e. The van der Waals surface area contributed by atoms with Gasteiger partial charge in [-0.05, 0) is 12.1 Å². The minimum absolute atomic E-state index is 0.133. The fourth-order valence-electron chi connectivity index (χ4n) is 1.27. The smallest absolute Gasteiger partial charge is 0.210 e. The summed E-state index contributed by atoms with van der Waals surface area (Å²) < 4.78 is 22.1. The lowest BCUT2D eigenvalue weighted by Crippen LogP contribution is -2.33. The molecule has 8 heteroatoms. The maximum absolute atomic E-state index is 11.9. The van der Waals surface area contributed by atoms with Crippen LogP contribution in [0.2, 0.25) is 10.0 Å². The Morgan fingerprint density at radius 2 is 1.94 bits per heavy atom. The minimum atomic E-state index is -3.58. The van der Waals surface area contributed by atoms with Crippen LogP contribution in [-0.2, 0) is 9.84 Å². The number of aliphatic hydroxyl groups excluding tert-OH is 1. The average Bonchev–Trinajstić information content (AvgIpc) is 2.28. The van der Waals surface area contributed by atoms with Crippen molar-refractivity contribution >= 4 is 64.9 Å². The van der Waals surface area contributed by atoms with E-state index in [4.69, 9.17) is 23.2 Å². The van der Waals surface area contributed by atoms with Crippen LogP contribution in [0.25, 0.3) is 0 Å². The first-order chi connectivity index (χ1) is 8.13. The first-order valence-corrected chi connectivity index (χ1v) is 8.86. The number of alkyl halides is 2. The van der Waals surface area contributed by atoms with Crippen LogP contribution in [-0.4, -0.2) is 21.8 Å². The zero-order chi connectivity index (χ0) is 14.1. The van der Waals surface area contributed by atoms with Gasteiger partial charge in [0.2, 0.25) is 2.57 Å². The van der Waals surface area contributed by atoms with Crippen molar-refractivity contribution in [1.82, 2.24) is 0 Å². The lowest BCUT2D eigenvalue weighted by atomic mass is 10.1. The van der Waals surface area contributed by atoms with Gasteiger partial charge in [0.25, 0.3) is 0 Å². The SMILES string of the molecule is CCS(=O)(=O)C(Br)(Br)[C@@H](O)c1ccc(Cl)cc1Cl. The molecule has 1 aromatic carbocycles. The summed E-state index contributed by atoms with van der Waals surface area (Å²) in [5, 5.41) is 10.8. The molecule has 1 atom stereocenters. The quantitative estimate of drug-likeness (QED) is 0.722. The summed E-state index contributed by atoms with van der Waals surface area (Å²) in [4.78, 5) is 0. The van der Waals surface area contributed by atoms with Gasteiger partial charge in [0.1, 0.15) is 6.10 Å². The predicted octanol–water partition coefficient (Wildman–Crippen LogP) is 3.91. The third-order valence-corrected chi connectivity index (χ3v) is 8.57. The van der Waals surface area contributed by atoms with Crippen LogP contribution in [0.3, 0.4) is 0 Å². The van der Waals surface area contributed by atoms with E-state index in [2.05, 4.69) is 31.9 Å². The van der Waals surface area contributed by atoms with Gasteiger partial charge in [0, 0.05) is 21.4 Å². The Labute approximate surface area is 133 Å². The van der Waals surface area contributed by atoms with E-state index in [0.29, 0.717) is 5.02 Å². The number of hydrogen-bond acceptors (Lipinski definition) is 3. The lowest BCUT2D eigenvalue weighted by molar-refractivity contribution is 0.189. The van der Waals surface area contributed by atoms with Gasteiger partial charge in [0.05, 0.1) is 0 Å². The maximum atomic E-state index is 11.9. The summed E-state index contributed by atoms with van der Waals surface area (Å²) >= 11 is 17.7. The summed E-state index contributed by atoms with van der Waals surface area (Å²) in [6, 6.07) is 4.45. The van der Waals surface area contributed by atoms with E-state index < -0.39 is 18.5 Å². The molecule has 0 heterocycles. The fraction of sp³-hybridized carbons (Fsp3) is 0.400. The molecule has 0 saturated carbocycles. The van der Waals surface area contributed by atoms with Crippen LogP contribution in [0, 0.1) is 0 Å². The Morgan fingerprint density at radius 1 is 1.39 bits per heavy atom. The largest absolute Gasteiger partial charge is 0.385 e. The van der Waals surface area contributed by atoms with Gasteiger partial charge in [-0.1, -0.05) is 68.1 Å². The number of halogens is 4. The van der Waals surface area contributed by atoms with Crippen LogP contribution >= 0.6 is 55.1 Å². The Kier molecular flexibility index (Phi) is 5.55. The van der Waals surface area contributed by atoms with Gasteiger partial charge in [-0.3, -0.25) is 0 Å². The molecule has 102 valence electrons. The highest BCUT2D eigenvalue weighted by atomic mass is 79.9. The number of benzene rings is 1. The summed E-state index contributed by atoms with van der Waals surface area (Å²) in [6.45, 7) is 1.49. The van der Waals surface area contributed by atoms with Gasteiger partial charge in [-0.25, -0.2) is 8.42 Å². The van der Waals surface area contributed by atoms with Gasteiger partial charge in [-0.2, -0.15) is 0 Å². The number of hydrogen-bond donors (Lipinski definition) is 1. The van der Waals surface area contributed by atoms with E-state index in [1.54, 1.807) is 0 Å². The molecule has 0 aliphatic heterocycles. The molecule has 1 N–H and O–H groups in total. The number of aliphatic hydroxyl groups is 1. The normalized spacial score (nSPS) is 14.6. The average molecular weight is 441 g/mol. The molecule has 0 radical (unpaired) electrons. The third-order valence-electron chi connectivity index (χ3n) is 2.37. The second-order valence-electron chi connectivity index (χ2n) is 3.53. The van der Waals surface area contributed by atoms with Gasteiger partial charge < -0.3 is 5.11 Å². The fourth-order valence-corrected chi connectivity index (χ4v) is 4.50. The van der Waals surface area contributed by atoms with E-state index in [0.717, 1.165) is 0 Å². The minimum Gasteiger partial charge on any atom is -0.385 e. The van der Waals surface area contributed by atoms with Crippen molar-refractivity contribution in [3.8, 4) is 0 Å². The van der Waals surface area contributed by atoms with Crippen molar-refractivity contribution in [1.29, 1.82) is 0 Å². The number of sulfone groups is 1. The summed E-state index contributed by atoms with van der Waals surface area (Å²) in [7, 11) is -3.58. The molecule has 0 saturated heterocycles. The van der Waals surface area contributed by atoms with E-state index in [1.165, 1.54) is 25.1 Å². The van der Waals surface area contributed by atoms with Crippen LogP contribution in [0.1, 0.15) is 18.6 Å². The first-order valence-electron chi connectivity index (χ1n) is 4.86. The zero-order valence-corrected chi connectivity index (χ0v) is 14.7. The molecule has 0 aliphatic rings. The molecule has 1 rings (SSSR count). The van der Waals surface area contributed by atoms with Crippen molar-refractivity contribution in [3.05, 3.63) is 33.8 Å².